The summed E-state index contributed by atoms with van der Waals surface area (Å²) in [6, 6.07) is 0.586. The summed E-state index contributed by atoms with van der Waals surface area (Å²) >= 11 is 0. The third-order valence-corrected chi connectivity index (χ3v) is 3.19. The molecule has 2 saturated heterocycles. The fourth-order valence-corrected chi connectivity index (χ4v) is 2.26. The van der Waals surface area contributed by atoms with E-state index in [1.165, 1.54) is 12.8 Å². The van der Waals surface area contributed by atoms with Crippen LogP contribution in [0.4, 0.5) is 0 Å². The molecule has 0 spiro atoms. The molecule has 2 fully saturated rings. The molecule has 0 aromatic heterocycles. The summed E-state index contributed by atoms with van der Waals surface area (Å²) in [5.74, 6) is 0.259. The topological polar surface area (TPSA) is 35.6 Å². The highest BCUT2D eigenvalue weighted by Crippen LogP contribution is 2.13. The van der Waals surface area contributed by atoms with Gasteiger partial charge in [-0.2, -0.15) is 0 Å². The monoisotopic (exact) mass is 197 g/mol. The van der Waals surface area contributed by atoms with Crippen molar-refractivity contribution in [1.82, 2.24) is 15.3 Å². The van der Waals surface area contributed by atoms with Gasteiger partial charge in [0.2, 0.25) is 5.91 Å². The average molecular weight is 197 g/mol. The summed E-state index contributed by atoms with van der Waals surface area (Å²) < 4.78 is 0. The highest BCUT2D eigenvalue weighted by Gasteiger charge is 2.25. The predicted molar refractivity (Wildman–Crippen MR) is 54.6 cm³/mol. The van der Waals surface area contributed by atoms with E-state index in [9.17, 15) is 4.79 Å². The van der Waals surface area contributed by atoms with Gasteiger partial charge in [0, 0.05) is 32.6 Å². The number of nitrogens with one attached hydrogen (secondary N) is 1. The predicted octanol–water partition coefficient (Wildman–Crippen LogP) is 0.208. The zero-order chi connectivity index (χ0) is 9.97. The van der Waals surface area contributed by atoms with Gasteiger partial charge in [-0.1, -0.05) is 0 Å². The van der Waals surface area contributed by atoms with Crippen LogP contribution >= 0.6 is 0 Å². The lowest BCUT2D eigenvalue weighted by Crippen LogP contribution is -2.52. The minimum Gasteiger partial charge on any atom is -0.313 e. The molecule has 0 aliphatic carbocycles. The van der Waals surface area contributed by atoms with Crippen molar-refractivity contribution < 1.29 is 4.79 Å². The van der Waals surface area contributed by atoms with Crippen LogP contribution in [0.3, 0.4) is 0 Å². The van der Waals surface area contributed by atoms with Crippen molar-refractivity contribution in [2.45, 2.75) is 31.7 Å². The number of carbonyl (C=O) groups excluding carboxylic acids is 1. The molecule has 0 radical (unpaired) electrons. The number of hydrogen-bond donors (Lipinski definition) is 1. The Bertz CT molecular complexity index is 213. The van der Waals surface area contributed by atoms with Gasteiger partial charge in [0.15, 0.2) is 0 Å². The molecular formula is C10H19N3O. The normalized spacial score (nSPS) is 29.9. The minimum atomic E-state index is 0.259. The summed E-state index contributed by atoms with van der Waals surface area (Å²) in [7, 11) is 1.89. The molecule has 0 aromatic carbocycles. The first-order valence-electron chi connectivity index (χ1n) is 5.52. The van der Waals surface area contributed by atoms with Gasteiger partial charge < -0.3 is 5.32 Å². The van der Waals surface area contributed by atoms with E-state index in [0.29, 0.717) is 12.5 Å². The average Bonchev–Trinajstić information content (AvgIpc) is 2.66. The van der Waals surface area contributed by atoms with Gasteiger partial charge in [-0.3, -0.25) is 9.80 Å². The highest BCUT2D eigenvalue weighted by atomic mass is 16.2. The number of amides is 1. The van der Waals surface area contributed by atoms with Gasteiger partial charge in [0.25, 0.3) is 0 Å². The van der Waals surface area contributed by atoms with Crippen LogP contribution in [0.5, 0.6) is 0 Å². The number of hydrazine groups is 1. The molecular weight excluding hydrogens is 178 g/mol. The van der Waals surface area contributed by atoms with E-state index in [4.69, 9.17) is 0 Å². The summed E-state index contributed by atoms with van der Waals surface area (Å²) in [6.45, 7) is 3.15. The van der Waals surface area contributed by atoms with E-state index in [0.717, 1.165) is 26.1 Å². The second-order valence-electron chi connectivity index (χ2n) is 4.23. The summed E-state index contributed by atoms with van der Waals surface area (Å²) in [6.07, 6.45) is 4.25. The lowest BCUT2D eigenvalue weighted by molar-refractivity contribution is -0.151. The molecule has 2 aliphatic rings. The van der Waals surface area contributed by atoms with Crippen LogP contribution in [-0.4, -0.2) is 48.6 Å². The van der Waals surface area contributed by atoms with Gasteiger partial charge >= 0.3 is 0 Å². The Hall–Kier alpha value is -0.610. The molecule has 1 N–H and O–H groups in total. The van der Waals surface area contributed by atoms with E-state index < -0.39 is 0 Å². The van der Waals surface area contributed by atoms with E-state index >= 15 is 0 Å². The molecule has 1 unspecified atom stereocenters. The first-order chi connectivity index (χ1) is 6.77. The third-order valence-electron chi connectivity index (χ3n) is 3.19. The molecule has 80 valence electrons. The van der Waals surface area contributed by atoms with Crippen molar-refractivity contribution in [3.63, 3.8) is 0 Å². The lowest BCUT2D eigenvalue weighted by Gasteiger charge is -2.37. The lowest BCUT2D eigenvalue weighted by atomic mass is 10.2. The van der Waals surface area contributed by atoms with Crippen LogP contribution in [0.15, 0.2) is 0 Å². The Morgan fingerprint density at radius 2 is 2.36 bits per heavy atom. The SMILES string of the molecule is CN1C(=O)CCCN1CC1CCCN1. The fourth-order valence-electron chi connectivity index (χ4n) is 2.26. The van der Waals surface area contributed by atoms with E-state index in [2.05, 4.69) is 10.3 Å². The molecule has 14 heavy (non-hydrogen) atoms. The molecule has 1 atom stereocenters. The van der Waals surface area contributed by atoms with E-state index in [1.54, 1.807) is 5.01 Å². The molecule has 1 amide bonds. The van der Waals surface area contributed by atoms with Gasteiger partial charge in [0.1, 0.15) is 0 Å². The van der Waals surface area contributed by atoms with Crippen LogP contribution in [0.2, 0.25) is 0 Å². The van der Waals surface area contributed by atoms with Crippen LogP contribution in [0.1, 0.15) is 25.7 Å². The van der Waals surface area contributed by atoms with Crippen molar-refractivity contribution >= 4 is 5.91 Å². The Labute approximate surface area is 85.2 Å². The van der Waals surface area contributed by atoms with Gasteiger partial charge in [-0.05, 0) is 25.8 Å². The van der Waals surface area contributed by atoms with Crippen molar-refractivity contribution in [2.75, 3.05) is 26.7 Å². The maximum Gasteiger partial charge on any atom is 0.236 e. The van der Waals surface area contributed by atoms with Crippen molar-refractivity contribution in [2.24, 2.45) is 0 Å². The quantitative estimate of drug-likeness (QED) is 0.687. The molecule has 2 aliphatic heterocycles. The standard InChI is InChI=1S/C10H19N3O/c1-12-10(14)5-3-7-13(12)8-9-4-2-6-11-9/h9,11H,2-8H2,1H3. The van der Waals surface area contributed by atoms with Gasteiger partial charge in [-0.15, -0.1) is 0 Å². The molecule has 4 heteroatoms. The van der Waals surface area contributed by atoms with Crippen LogP contribution in [-0.2, 0) is 4.79 Å². The number of nitrogens with zero attached hydrogens (tertiary/aromatic N) is 2. The highest BCUT2D eigenvalue weighted by molar-refractivity contribution is 5.75. The third kappa shape index (κ3) is 2.07. The molecule has 0 saturated carbocycles. The molecule has 4 nitrogen and oxygen atoms in total. The van der Waals surface area contributed by atoms with Crippen LogP contribution < -0.4 is 5.32 Å². The molecule has 0 aromatic rings. The first-order valence-corrected chi connectivity index (χ1v) is 5.52. The second kappa shape index (κ2) is 4.28. The zero-order valence-corrected chi connectivity index (χ0v) is 8.83. The number of carbonyl (C=O) groups is 1. The van der Waals surface area contributed by atoms with Crippen LogP contribution in [0.25, 0.3) is 0 Å². The summed E-state index contributed by atoms with van der Waals surface area (Å²) in [4.78, 5) is 11.4. The summed E-state index contributed by atoms with van der Waals surface area (Å²) in [5.41, 5.74) is 0. The maximum absolute atomic E-state index is 11.4. The Morgan fingerprint density at radius 3 is 3.07 bits per heavy atom. The molecule has 2 heterocycles. The molecule has 2 rings (SSSR count). The summed E-state index contributed by atoms with van der Waals surface area (Å²) in [5, 5.41) is 7.43. The Kier molecular flexibility index (Phi) is 3.03. The second-order valence-corrected chi connectivity index (χ2v) is 4.23. The van der Waals surface area contributed by atoms with Crippen molar-refractivity contribution in [3.05, 3.63) is 0 Å². The van der Waals surface area contributed by atoms with Gasteiger partial charge in [0.05, 0.1) is 0 Å². The largest absolute Gasteiger partial charge is 0.313 e. The first kappa shape index (κ1) is 9.93. The van der Waals surface area contributed by atoms with Crippen molar-refractivity contribution in [3.8, 4) is 0 Å². The van der Waals surface area contributed by atoms with Crippen molar-refractivity contribution in [1.29, 1.82) is 0 Å². The number of hydrogen-bond acceptors (Lipinski definition) is 3. The number of rotatable bonds is 2. The fraction of sp³-hybridized carbons (Fsp3) is 0.900. The smallest absolute Gasteiger partial charge is 0.236 e. The zero-order valence-electron chi connectivity index (χ0n) is 8.83. The Balaban J connectivity index is 1.86. The minimum absolute atomic E-state index is 0.259. The maximum atomic E-state index is 11.4. The van der Waals surface area contributed by atoms with Crippen LogP contribution in [0, 0.1) is 0 Å². The Morgan fingerprint density at radius 1 is 1.50 bits per heavy atom. The van der Waals surface area contributed by atoms with E-state index in [1.807, 2.05) is 7.05 Å². The van der Waals surface area contributed by atoms with Gasteiger partial charge in [-0.25, -0.2) is 5.01 Å². The molecule has 0 bridgehead atoms. The van der Waals surface area contributed by atoms with E-state index in [-0.39, 0.29) is 5.91 Å².